The van der Waals surface area contributed by atoms with Gasteiger partial charge in [-0.2, -0.15) is 0 Å². The summed E-state index contributed by atoms with van der Waals surface area (Å²) in [4.78, 5) is 0. The topological polar surface area (TPSA) is 0 Å². The lowest BCUT2D eigenvalue weighted by atomic mass is 9.46. The van der Waals surface area contributed by atoms with E-state index >= 15 is 0 Å². The molecule has 0 aromatic heterocycles. The molecule has 4 aliphatic carbocycles. The molecule has 0 nitrogen and oxygen atoms in total. The Hall–Kier alpha value is -0.260. The van der Waals surface area contributed by atoms with E-state index in [0.717, 1.165) is 41.4 Å². The van der Waals surface area contributed by atoms with E-state index in [-0.39, 0.29) is 0 Å². The molecule has 178 valence electrons. The van der Waals surface area contributed by atoms with Crippen LogP contribution in [0.2, 0.25) is 0 Å². The summed E-state index contributed by atoms with van der Waals surface area (Å²) in [5, 5.41) is 0. The summed E-state index contributed by atoms with van der Waals surface area (Å²) in [7, 11) is 0. The minimum atomic E-state index is 0.596. The van der Waals surface area contributed by atoms with Gasteiger partial charge in [0.05, 0.1) is 0 Å². The summed E-state index contributed by atoms with van der Waals surface area (Å²) >= 11 is 0. The van der Waals surface area contributed by atoms with Gasteiger partial charge in [0.1, 0.15) is 0 Å². The first kappa shape index (κ1) is 23.9. The molecular formula is C31H54. The van der Waals surface area contributed by atoms with E-state index in [0.29, 0.717) is 10.8 Å². The highest BCUT2D eigenvalue weighted by Gasteiger charge is 2.58. The molecule has 4 rings (SSSR count). The van der Waals surface area contributed by atoms with E-state index < -0.39 is 0 Å². The molecule has 0 aromatic carbocycles. The summed E-state index contributed by atoms with van der Waals surface area (Å²) in [5.41, 5.74) is 3.18. The Bertz CT molecular complexity index is 628. The lowest BCUT2D eigenvalue weighted by Crippen LogP contribution is -2.50. The van der Waals surface area contributed by atoms with Crippen molar-refractivity contribution < 1.29 is 0 Å². The first-order chi connectivity index (χ1) is 14.8. The fraction of sp³-hybridized carbons (Fsp3) is 0.935. The van der Waals surface area contributed by atoms with Crippen LogP contribution in [-0.2, 0) is 0 Å². The van der Waals surface area contributed by atoms with Gasteiger partial charge in [0.15, 0.2) is 0 Å². The van der Waals surface area contributed by atoms with Crippen molar-refractivity contribution >= 4 is 0 Å². The average molecular weight is 427 g/mol. The molecule has 2 unspecified atom stereocenters. The normalized spacial score (nSPS) is 43.2. The van der Waals surface area contributed by atoms with E-state index in [9.17, 15) is 0 Å². The Morgan fingerprint density at radius 3 is 2.42 bits per heavy atom. The quantitative estimate of drug-likeness (QED) is 0.339. The molecule has 0 N–H and O–H groups in total. The van der Waals surface area contributed by atoms with Gasteiger partial charge in [0.2, 0.25) is 0 Å². The number of hydrogen-bond donors (Lipinski definition) is 0. The molecule has 8 atom stereocenters. The first-order valence-electron chi connectivity index (χ1n) is 14.5. The summed E-state index contributed by atoms with van der Waals surface area (Å²) in [6.07, 6.45) is 23.5. The molecule has 0 aliphatic heterocycles. The summed E-state index contributed by atoms with van der Waals surface area (Å²) in [5.74, 6) is 6.60. The van der Waals surface area contributed by atoms with E-state index in [4.69, 9.17) is 0 Å². The Morgan fingerprint density at radius 2 is 1.68 bits per heavy atom. The van der Waals surface area contributed by atoms with Gasteiger partial charge in [-0.3, -0.25) is 0 Å². The third-order valence-electron chi connectivity index (χ3n) is 11.4. The number of fused-ring (bicyclic) bond motifs is 5. The van der Waals surface area contributed by atoms with Crippen molar-refractivity contribution in [1.82, 2.24) is 0 Å². The van der Waals surface area contributed by atoms with Crippen molar-refractivity contribution in [2.75, 3.05) is 0 Å². The van der Waals surface area contributed by atoms with Crippen molar-refractivity contribution in [2.45, 2.75) is 131 Å². The van der Waals surface area contributed by atoms with Crippen molar-refractivity contribution in [1.29, 1.82) is 0 Å². The lowest BCUT2D eigenvalue weighted by Gasteiger charge is -2.59. The van der Waals surface area contributed by atoms with E-state index in [1.807, 2.05) is 5.57 Å². The zero-order valence-electron chi connectivity index (χ0n) is 22.0. The molecule has 0 heteroatoms. The molecule has 4 aliphatic rings. The van der Waals surface area contributed by atoms with Gasteiger partial charge >= 0.3 is 0 Å². The SMILES string of the molecule is CCCCC1CCC[C@@]2(C)C1CC=C1[C@@H]3CC[C@H]([C@H](C)CCCC(C)C)[C@@]3(C)CC[C@@H]12. The molecule has 0 spiro atoms. The van der Waals surface area contributed by atoms with Gasteiger partial charge in [0.25, 0.3) is 0 Å². The van der Waals surface area contributed by atoms with Crippen molar-refractivity contribution in [2.24, 2.45) is 52.3 Å². The van der Waals surface area contributed by atoms with Crippen LogP contribution in [0.15, 0.2) is 11.6 Å². The molecule has 0 amide bonds. The van der Waals surface area contributed by atoms with Crippen LogP contribution < -0.4 is 0 Å². The second-order valence-corrected chi connectivity index (χ2v) is 13.5. The molecule has 31 heavy (non-hydrogen) atoms. The maximum absolute atomic E-state index is 2.84. The first-order valence-corrected chi connectivity index (χ1v) is 14.5. The second-order valence-electron chi connectivity index (χ2n) is 13.5. The fourth-order valence-electron chi connectivity index (χ4n) is 9.65. The number of allylic oxidation sites excluding steroid dienone is 2. The predicted molar refractivity (Wildman–Crippen MR) is 136 cm³/mol. The van der Waals surface area contributed by atoms with Gasteiger partial charge in [-0.1, -0.05) is 105 Å². The smallest absolute Gasteiger partial charge is 0.0143 e. The number of hydrogen-bond acceptors (Lipinski definition) is 0. The van der Waals surface area contributed by atoms with Crippen molar-refractivity contribution in [3.63, 3.8) is 0 Å². The maximum Gasteiger partial charge on any atom is -0.0143 e. The number of rotatable bonds is 8. The van der Waals surface area contributed by atoms with Crippen LogP contribution in [0, 0.1) is 52.3 Å². The highest BCUT2D eigenvalue weighted by Crippen LogP contribution is 2.67. The predicted octanol–water partition coefficient (Wildman–Crippen LogP) is 9.83. The van der Waals surface area contributed by atoms with Crippen LogP contribution in [0.25, 0.3) is 0 Å². The van der Waals surface area contributed by atoms with Crippen molar-refractivity contribution in [3.05, 3.63) is 11.6 Å². The van der Waals surface area contributed by atoms with Crippen LogP contribution >= 0.6 is 0 Å². The van der Waals surface area contributed by atoms with Crippen LogP contribution in [0.5, 0.6) is 0 Å². The Labute approximate surface area is 195 Å². The van der Waals surface area contributed by atoms with Gasteiger partial charge in [0, 0.05) is 0 Å². The minimum absolute atomic E-state index is 0.596. The van der Waals surface area contributed by atoms with E-state index in [2.05, 4.69) is 47.6 Å². The van der Waals surface area contributed by atoms with Crippen LogP contribution in [0.4, 0.5) is 0 Å². The molecule has 0 aromatic rings. The van der Waals surface area contributed by atoms with Crippen LogP contribution in [0.1, 0.15) is 131 Å². The molecular weight excluding hydrogens is 372 g/mol. The Morgan fingerprint density at radius 1 is 0.903 bits per heavy atom. The van der Waals surface area contributed by atoms with Gasteiger partial charge in [-0.25, -0.2) is 0 Å². The summed E-state index contributed by atoms with van der Waals surface area (Å²) in [6.45, 7) is 15.2. The highest BCUT2D eigenvalue weighted by molar-refractivity contribution is 5.28. The monoisotopic (exact) mass is 426 g/mol. The molecule has 0 radical (unpaired) electrons. The Balaban J connectivity index is 1.50. The molecule has 0 saturated heterocycles. The standard InChI is InChI=1S/C31H54/c1-7-8-13-24-14-10-20-30(5)27(24)16-15-25-28-18-17-26(23(4)12-9-11-22(2)3)31(28,6)21-19-29(25)30/h15,22-24,26-29H,7-14,16-21H2,1-6H3/t23-,24?,26-,27?,28+,29+,30+,31-/m1/s1. The van der Waals surface area contributed by atoms with Gasteiger partial charge < -0.3 is 0 Å². The summed E-state index contributed by atoms with van der Waals surface area (Å²) in [6, 6.07) is 0. The molecule has 0 bridgehead atoms. The summed E-state index contributed by atoms with van der Waals surface area (Å²) < 4.78 is 0. The maximum atomic E-state index is 2.84. The molecule has 3 fully saturated rings. The van der Waals surface area contributed by atoms with Crippen molar-refractivity contribution in [3.8, 4) is 0 Å². The van der Waals surface area contributed by atoms with Crippen LogP contribution in [-0.4, -0.2) is 0 Å². The van der Waals surface area contributed by atoms with Gasteiger partial charge in [-0.05, 0) is 90.8 Å². The largest absolute Gasteiger partial charge is 0.0844 e. The fourth-order valence-corrected chi connectivity index (χ4v) is 9.65. The third-order valence-corrected chi connectivity index (χ3v) is 11.4. The van der Waals surface area contributed by atoms with Crippen LogP contribution in [0.3, 0.4) is 0 Å². The zero-order valence-corrected chi connectivity index (χ0v) is 22.0. The molecule has 0 heterocycles. The second kappa shape index (κ2) is 9.54. The Kier molecular flexibility index (Phi) is 7.35. The van der Waals surface area contributed by atoms with Gasteiger partial charge in [-0.15, -0.1) is 0 Å². The minimum Gasteiger partial charge on any atom is -0.0844 e. The average Bonchev–Trinajstić information content (AvgIpc) is 3.08. The third kappa shape index (κ3) is 4.33. The molecule has 3 saturated carbocycles. The highest BCUT2D eigenvalue weighted by atomic mass is 14.6. The van der Waals surface area contributed by atoms with E-state index in [1.165, 1.54) is 89.9 Å². The zero-order chi connectivity index (χ0) is 22.2. The number of unbranched alkanes of at least 4 members (excludes halogenated alkanes) is 1. The van der Waals surface area contributed by atoms with E-state index in [1.54, 1.807) is 0 Å². The lowest BCUT2D eigenvalue weighted by molar-refractivity contribution is -0.0348.